The second kappa shape index (κ2) is 7.05. The molecule has 1 aliphatic rings. The number of aryl methyl sites for hydroxylation is 1. The lowest BCUT2D eigenvalue weighted by Crippen LogP contribution is -2.38. The molecule has 0 spiro atoms. The van der Waals surface area contributed by atoms with Crippen molar-refractivity contribution < 1.29 is 14.1 Å². The SMILES string of the molecule is CCCn1cnc2cc(-c3noc(CN4C(=O)COc5ccccc54)n3)ccc21. The molecular weight excluding hydrogens is 370 g/mol. The Hall–Kier alpha value is -3.68. The highest BCUT2D eigenvalue weighted by Crippen LogP contribution is 2.32. The molecule has 0 bridgehead atoms. The molecule has 0 aliphatic carbocycles. The monoisotopic (exact) mass is 389 g/mol. The zero-order valence-corrected chi connectivity index (χ0v) is 15.9. The molecule has 0 saturated carbocycles. The highest BCUT2D eigenvalue weighted by Gasteiger charge is 2.27. The number of ether oxygens (including phenoxy) is 1. The molecule has 0 fully saturated rings. The van der Waals surface area contributed by atoms with Gasteiger partial charge in [0.1, 0.15) is 12.3 Å². The van der Waals surface area contributed by atoms with Crippen molar-refractivity contribution in [3.63, 3.8) is 0 Å². The molecule has 29 heavy (non-hydrogen) atoms. The van der Waals surface area contributed by atoms with Gasteiger partial charge in [0, 0.05) is 12.1 Å². The number of imidazole rings is 1. The quantitative estimate of drug-likeness (QED) is 0.520. The number of benzene rings is 2. The molecule has 3 heterocycles. The van der Waals surface area contributed by atoms with Crippen molar-refractivity contribution in [2.75, 3.05) is 11.5 Å². The van der Waals surface area contributed by atoms with E-state index in [-0.39, 0.29) is 19.1 Å². The van der Waals surface area contributed by atoms with E-state index in [1.165, 1.54) is 0 Å². The lowest BCUT2D eigenvalue weighted by molar-refractivity contribution is -0.121. The maximum absolute atomic E-state index is 12.3. The van der Waals surface area contributed by atoms with Gasteiger partial charge in [0.2, 0.25) is 11.7 Å². The summed E-state index contributed by atoms with van der Waals surface area (Å²) in [6.07, 6.45) is 2.89. The van der Waals surface area contributed by atoms with Gasteiger partial charge in [-0.3, -0.25) is 9.69 Å². The second-order valence-electron chi connectivity index (χ2n) is 6.89. The molecule has 2 aromatic heterocycles. The van der Waals surface area contributed by atoms with Gasteiger partial charge in [-0.05, 0) is 36.8 Å². The number of hydrogen-bond donors (Lipinski definition) is 0. The number of aromatic nitrogens is 4. The highest BCUT2D eigenvalue weighted by molar-refractivity contribution is 5.97. The van der Waals surface area contributed by atoms with E-state index in [1.807, 2.05) is 48.8 Å². The molecule has 5 rings (SSSR count). The van der Waals surface area contributed by atoms with Gasteiger partial charge in [-0.2, -0.15) is 4.98 Å². The van der Waals surface area contributed by atoms with Gasteiger partial charge in [0.25, 0.3) is 5.91 Å². The summed E-state index contributed by atoms with van der Waals surface area (Å²) in [4.78, 5) is 22.9. The Balaban J connectivity index is 1.41. The number of carbonyl (C=O) groups excluding carboxylic acids is 1. The van der Waals surface area contributed by atoms with E-state index in [1.54, 1.807) is 4.90 Å². The Kier molecular flexibility index (Phi) is 4.23. The Labute approximate surface area is 166 Å². The third-order valence-electron chi connectivity index (χ3n) is 4.91. The first-order valence-corrected chi connectivity index (χ1v) is 9.53. The Morgan fingerprint density at radius 1 is 1.17 bits per heavy atom. The van der Waals surface area contributed by atoms with Crippen LogP contribution in [-0.4, -0.2) is 32.2 Å². The summed E-state index contributed by atoms with van der Waals surface area (Å²) in [6, 6.07) is 13.3. The van der Waals surface area contributed by atoms with Crippen LogP contribution >= 0.6 is 0 Å². The average molecular weight is 389 g/mol. The summed E-state index contributed by atoms with van der Waals surface area (Å²) in [6.45, 7) is 3.25. The van der Waals surface area contributed by atoms with Crippen LogP contribution in [0.25, 0.3) is 22.4 Å². The van der Waals surface area contributed by atoms with Crippen molar-refractivity contribution in [2.24, 2.45) is 0 Å². The van der Waals surface area contributed by atoms with Crippen LogP contribution in [0.2, 0.25) is 0 Å². The number of nitrogens with zero attached hydrogens (tertiary/aromatic N) is 5. The van der Waals surface area contributed by atoms with Crippen LogP contribution in [0.15, 0.2) is 53.3 Å². The first-order valence-electron chi connectivity index (χ1n) is 9.53. The van der Waals surface area contributed by atoms with Crippen molar-refractivity contribution in [3.8, 4) is 17.1 Å². The first kappa shape index (κ1) is 17.4. The van der Waals surface area contributed by atoms with Crippen LogP contribution in [-0.2, 0) is 17.9 Å². The molecule has 1 amide bonds. The molecule has 0 radical (unpaired) electrons. The molecule has 0 atom stereocenters. The molecule has 146 valence electrons. The number of amides is 1. The van der Waals surface area contributed by atoms with Gasteiger partial charge < -0.3 is 13.8 Å². The van der Waals surface area contributed by atoms with Gasteiger partial charge in [0.15, 0.2) is 6.61 Å². The number of hydrogen-bond acceptors (Lipinski definition) is 6. The first-order chi connectivity index (χ1) is 14.2. The minimum Gasteiger partial charge on any atom is -0.482 e. The zero-order valence-electron chi connectivity index (χ0n) is 15.9. The van der Waals surface area contributed by atoms with E-state index in [0.29, 0.717) is 23.2 Å². The van der Waals surface area contributed by atoms with Crippen LogP contribution in [0.3, 0.4) is 0 Å². The average Bonchev–Trinajstić information content (AvgIpc) is 3.37. The van der Waals surface area contributed by atoms with Crippen LogP contribution in [0.4, 0.5) is 5.69 Å². The van der Waals surface area contributed by atoms with E-state index in [9.17, 15) is 4.79 Å². The van der Waals surface area contributed by atoms with E-state index >= 15 is 0 Å². The van der Waals surface area contributed by atoms with Crippen molar-refractivity contribution in [1.82, 2.24) is 19.7 Å². The molecular formula is C21H19N5O3. The van der Waals surface area contributed by atoms with E-state index < -0.39 is 0 Å². The van der Waals surface area contributed by atoms with Crippen molar-refractivity contribution in [3.05, 3.63) is 54.7 Å². The standard InChI is InChI=1S/C21H19N5O3/c1-2-9-25-13-22-15-10-14(7-8-16(15)25)21-23-19(29-24-21)11-26-17-5-3-4-6-18(17)28-12-20(26)27/h3-8,10,13H,2,9,11-12H2,1H3. The lowest BCUT2D eigenvalue weighted by Gasteiger charge is -2.27. The fraction of sp³-hybridized carbons (Fsp3) is 0.238. The molecule has 4 aromatic rings. The van der Waals surface area contributed by atoms with E-state index in [4.69, 9.17) is 9.26 Å². The number of carbonyl (C=O) groups is 1. The van der Waals surface area contributed by atoms with Crippen LogP contribution in [0, 0.1) is 0 Å². The van der Waals surface area contributed by atoms with Gasteiger partial charge in [0.05, 0.1) is 23.0 Å². The summed E-state index contributed by atoms with van der Waals surface area (Å²) in [5.41, 5.74) is 3.49. The third kappa shape index (κ3) is 3.12. The minimum atomic E-state index is -0.147. The third-order valence-corrected chi connectivity index (χ3v) is 4.91. The van der Waals surface area contributed by atoms with E-state index in [2.05, 4.69) is 26.6 Å². The Morgan fingerprint density at radius 3 is 2.97 bits per heavy atom. The van der Waals surface area contributed by atoms with Gasteiger partial charge >= 0.3 is 0 Å². The largest absolute Gasteiger partial charge is 0.482 e. The molecule has 8 nitrogen and oxygen atoms in total. The number of rotatable bonds is 5. The summed E-state index contributed by atoms with van der Waals surface area (Å²) in [5, 5.41) is 4.09. The lowest BCUT2D eigenvalue weighted by atomic mass is 10.2. The fourth-order valence-electron chi connectivity index (χ4n) is 3.52. The topological polar surface area (TPSA) is 86.3 Å². The number of para-hydroxylation sites is 2. The maximum atomic E-state index is 12.3. The summed E-state index contributed by atoms with van der Waals surface area (Å²) >= 11 is 0. The molecule has 0 unspecified atom stereocenters. The Morgan fingerprint density at radius 2 is 2.07 bits per heavy atom. The van der Waals surface area contributed by atoms with Crippen molar-refractivity contribution >= 4 is 22.6 Å². The van der Waals surface area contributed by atoms with E-state index in [0.717, 1.165) is 29.6 Å². The van der Waals surface area contributed by atoms with Crippen LogP contribution in [0.1, 0.15) is 19.2 Å². The number of anilines is 1. The predicted molar refractivity (Wildman–Crippen MR) is 106 cm³/mol. The summed E-state index contributed by atoms with van der Waals surface area (Å²) in [5.74, 6) is 1.36. The summed E-state index contributed by atoms with van der Waals surface area (Å²) < 4.78 is 13.0. The predicted octanol–water partition coefficient (Wildman–Crippen LogP) is 3.42. The molecule has 8 heteroatoms. The molecule has 2 aromatic carbocycles. The Bertz CT molecular complexity index is 1200. The van der Waals surface area contributed by atoms with Crippen LogP contribution < -0.4 is 9.64 Å². The molecule has 0 saturated heterocycles. The summed E-state index contributed by atoms with van der Waals surface area (Å²) in [7, 11) is 0. The second-order valence-corrected chi connectivity index (χ2v) is 6.89. The highest BCUT2D eigenvalue weighted by atomic mass is 16.5. The molecule has 1 aliphatic heterocycles. The minimum absolute atomic E-state index is 0.00487. The van der Waals surface area contributed by atoms with Crippen LogP contribution in [0.5, 0.6) is 5.75 Å². The normalized spacial score (nSPS) is 13.6. The zero-order chi connectivity index (χ0) is 19.8. The van der Waals surface area contributed by atoms with Gasteiger partial charge in [-0.15, -0.1) is 0 Å². The van der Waals surface area contributed by atoms with Gasteiger partial charge in [-0.1, -0.05) is 24.2 Å². The maximum Gasteiger partial charge on any atom is 0.265 e. The molecule has 0 N–H and O–H groups in total. The van der Waals surface area contributed by atoms with Crippen molar-refractivity contribution in [2.45, 2.75) is 26.4 Å². The fourth-order valence-corrected chi connectivity index (χ4v) is 3.52. The smallest absolute Gasteiger partial charge is 0.265 e. The van der Waals surface area contributed by atoms with Gasteiger partial charge in [-0.25, -0.2) is 4.98 Å². The van der Waals surface area contributed by atoms with Crippen molar-refractivity contribution in [1.29, 1.82) is 0 Å². The number of fused-ring (bicyclic) bond motifs is 2.